The number of hydrogen-bond acceptors (Lipinski definition) is 7. The predicted molar refractivity (Wildman–Crippen MR) is 123 cm³/mol. The molecule has 0 spiro atoms. The van der Waals surface area contributed by atoms with Gasteiger partial charge in [-0.05, 0) is 44.5 Å². The molecule has 0 bridgehead atoms. The summed E-state index contributed by atoms with van der Waals surface area (Å²) in [5.74, 6) is 0.136. The van der Waals surface area contributed by atoms with Crippen LogP contribution in [0.15, 0.2) is 49.1 Å². The highest BCUT2D eigenvalue weighted by Crippen LogP contribution is 2.32. The van der Waals surface area contributed by atoms with E-state index < -0.39 is 5.82 Å². The first-order chi connectivity index (χ1) is 16.4. The van der Waals surface area contributed by atoms with Gasteiger partial charge < -0.3 is 19.1 Å². The van der Waals surface area contributed by atoms with Crippen molar-refractivity contribution in [3.63, 3.8) is 0 Å². The summed E-state index contributed by atoms with van der Waals surface area (Å²) in [7, 11) is 0. The van der Waals surface area contributed by atoms with Gasteiger partial charge in [0.25, 0.3) is 0 Å². The Balaban J connectivity index is 1.40. The Morgan fingerprint density at radius 1 is 1.12 bits per heavy atom. The molecule has 3 aromatic rings. The van der Waals surface area contributed by atoms with E-state index >= 15 is 0 Å². The number of pyridine rings is 1. The molecular weight excluding hydrogens is 439 g/mol. The number of carbonyl (C=O) groups is 1. The number of ether oxygens (including phenoxy) is 3. The van der Waals surface area contributed by atoms with Gasteiger partial charge in [-0.3, -0.25) is 4.98 Å². The van der Waals surface area contributed by atoms with Gasteiger partial charge in [-0.15, -0.1) is 0 Å². The van der Waals surface area contributed by atoms with Crippen molar-refractivity contribution in [3.8, 4) is 28.6 Å². The van der Waals surface area contributed by atoms with Crippen molar-refractivity contribution in [3.05, 3.63) is 60.4 Å². The van der Waals surface area contributed by atoms with Crippen LogP contribution in [0.3, 0.4) is 0 Å². The number of piperidine rings is 1. The molecule has 3 heterocycles. The van der Waals surface area contributed by atoms with Crippen LogP contribution in [0.4, 0.5) is 9.18 Å². The Bertz CT molecular complexity index is 1140. The van der Waals surface area contributed by atoms with Crippen LogP contribution < -0.4 is 9.47 Å². The van der Waals surface area contributed by atoms with Gasteiger partial charge in [-0.25, -0.2) is 19.2 Å². The van der Waals surface area contributed by atoms with Crippen LogP contribution >= 0.6 is 0 Å². The smallest absolute Gasteiger partial charge is 0.410 e. The zero-order valence-electron chi connectivity index (χ0n) is 19.4. The maximum absolute atomic E-state index is 14.7. The number of aromatic nitrogens is 3. The summed E-state index contributed by atoms with van der Waals surface area (Å²) < 4.78 is 31.8. The molecule has 178 valence electrons. The number of rotatable bonds is 6. The Kier molecular flexibility index (Phi) is 7.20. The molecule has 1 aliphatic rings. The van der Waals surface area contributed by atoms with Crippen molar-refractivity contribution in [1.82, 2.24) is 19.9 Å². The van der Waals surface area contributed by atoms with Gasteiger partial charge in [0.05, 0.1) is 11.7 Å². The molecule has 0 saturated carbocycles. The third-order valence-corrected chi connectivity index (χ3v) is 5.44. The van der Waals surface area contributed by atoms with Gasteiger partial charge in [-0.1, -0.05) is 12.1 Å². The molecule has 2 aromatic heterocycles. The van der Waals surface area contributed by atoms with E-state index in [0.717, 1.165) is 5.56 Å². The summed E-state index contributed by atoms with van der Waals surface area (Å²) >= 11 is 0. The number of hydrogen-bond donors (Lipinski definition) is 0. The molecule has 4 rings (SSSR count). The Labute approximate surface area is 197 Å². The van der Waals surface area contributed by atoms with E-state index in [1.165, 1.54) is 12.4 Å². The van der Waals surface area contributed by atoms with Gasteiger partial charge in [0.1, 0.15) is 12.4 Å². The van der Waals surface area contributed by atoms with Crippen LogP contribution in [-0.4, -0.2) is 51.2 Å². The van der Waals surface area contributed by atoms with E-state index in [4.69, 9.17) is 14.2 Å². The number of likely N-dealkylation sites (tertiary alicyclic amines) is 1. The molecule has 0 N–H and O–H groups in total. The minimum absolute atomic E-state index is 0.0531. The average molecular weight is 467 g/mol. The van der Waals surface area contributed by atoms with Crippen molar-refractivity contribution in [2.24, 2.45) is 0 Å². The van der Waals surface area contributed by atoms with E-state index in [2.05, 4.69) is 15.0 Å². The lowest BCUT2D eigenvalue weighted by Crippen LogP contribution is -2.42. The van der Waals surface area contributed by atoms with Crippen molar-refractivity contribution in [2.75, 3.05) is 13.1 Å². The number of halogens is 1. The SMILES string of the molecule is Cc1c(Oc2ccc(-c3cccnc3)cc2F)ncnc1OC1CCN(C(=O)OC(C)C)CC1. The Hall–Kier alpha value is -3.75. The third kappa shape index (κ3) is 5.59. The van der Waals surface area contributed by atoms with Crippen molar-refractivity contribution in [1.29, 1.82) is 0 Å². The summed E-state index contributed by atoms with van der Waals surface area (Å²) in [4.78, 5) is 26.2. The minimum atomic E-state index is -0.512. The lowest BCUT2D eigenvalue weighted by molar-refractivity contribution is 0.0505. The molecular formula is C25H27FN4O4. The molecule has 0 atom stereocenters. The first kappa shape index (κ1) is 23.4. The molecule has 1 saturated heterocycles. The van der Waals surface area contributed by atoms with Gasteiger partial charge in [0.2, 0.25) is 11.8 Å². The highest BCUT2D eigenvalue weighted by Gasteiger charge is 2.26. The monoisotopic (exact) mass is 466 g/mol. The summed E-state index contributed by atoms with van der Waals surface area (Å²) in [6.07, 6.45) is 5.40. The number of amides is 1. The van der Waals surface area contributed by atoms with Crippen LogP contribution in [0.25, 0.3) is 11.1 Å². The molecule has 1 fully saturated rings. The molecule has 0 radical (unpaired) electrons. The second-order valence-corrected chi connectivity index (χ2v) is 8.33. The molecule has 34 heavy (non-hydrogen) atoms. The average Bonchev–Trinajstić information content (AvgIpc) is 2.83. The van der Waals surface area contributed by atoms with Gasteiger partial charge in [-0.2, -0.15) is 0 Å². The summed E-state index contributed by atoms with van der Waals surface area (Å²) in [6.45, 7) is 6.50. The lowest BCUT2D eigenvalue weighted by Gasteiger charge is -2.31. The number of nitrogens with zero attached hydrogens (tertiary/aromatic N) is 4. The standard InChI is InChI=1S/C25H27FN4O4/c1-16(2)32-25(31)30-11-8-20(9-12-30)33-23-17(3)24(29-15-28-23)34-22-7-6-18(13-21(22)26)19-5-4-10-27-14-19/h4-7,10,13-16,20H,8-9,11-12H2,1-3H3. The molecule has 1 aliphatic heterocycles. The van der Waals surface area contributed by atoms with Crippen LogP contribution in [-0.2, 0) is 4.74 Å². The third-order valence-electron chi connectivity index (χ3n) is 5.44. The zero-order chi connectivity index (χ0) is 24.1. The van der Waals surface area contributed by atoms with E-state index in [1.807, 2.05) is 19.9 Å². The maximum atomic E-state index is 14.7. The fraction of sp³-hybridized carbons (Fsp3) is 0.360. The van der Waals surface area contributed by atoms with E-state index in [9.17, 15) is 9.18 Å². The maximum Gasteiger partial charge on any atom is 0.410 e. The molecule has 1 aromatic carbocycles. The Morgan fingerprint density at radius 2 is 1.88 bits per heavy atom. The van der Waals surface area contributed by atoms with Crippen LogP contribution in [0, 0.1) is 12.7 Å². The Morgan fingerprint density at radius 3 is 2.56 bits per heavy atom. The van der Waals surface area contributed by atoms with Gasteiger partial charge in [0.15, 0.2) is 11.6 Å². The topological polar surface area (TPSA) is 86.7 Å². The second-order valence-electron chi connectivity index (χ2n) is 8.33. The van der Waals surface area contributed by atoms with E-state index in [0.29, 0.717) is 42.9 Å². The number of benzene rings is 1. The van der Waals surface area contributed by atoms with Crippen molar-refractivity contribution < 1.29 is 23.4 Å². The summed E-state index contributed by atoms with van der Waals surface area (Å²) in [5, 5.41) is 0. The largest absolute Gasteiger partial charge is 0.474 e. The highest BCUT2D eigenvalue weighted by atomic mass is 19.1. The summed E-state index contributed by atoms with van der Waals surface area (Å²) in [5.41, 5.74) is 2.08. The molecule has 0 unspecified atom stereocenters. The summed E-state index contributed by atoms with van der Waals surface area (Å²) in [6, 6.07) is 8.38. The first-order valence-corrected chi connectivity index (χ1v) is 11.2. The minimum Gasteiger partial charge on any atom is -0.474 e. The number of carbonyl (C=O) groups excluding carboxylic acids is 1. The lowest BCUT2D eigenvalue weighted by atomic mass is 10.1. The van der Waals surface area contributed by atoms with Gasteiger partial charge in [0, 0.05) is 43.9 Å². The van der Waals surface area contributed by atoms with E-state index in [-0.39, 0.29) is 29.9 Å². The van der Waals surface area contributed by atoms with Crippen LogP contribution in [0.5, 0.6) is 17.5 Å². The molecule has 1 amide bonds. The molecule has 9 heteroatoms. The van der Waals surface area contributed by atoms with Crippen LogP contribution in [0.1, 0.15) is 32.3 Å². The second kappa shape index (κ2) is 10.5. The van der Waals surface area contributed by atoms with E-state index in [1.54, 1.807) is 42.4 Å². The fourth-order valence-corrected chi connectivity index (χ4v) is 3.63. The van der Waals surface area contributed by atoms with Crippen molar-refractivity contribution >= 4 is 6.09 Å². The molecule has 8 nitrogen and oxygen atoms in total. The first-order valence-electron chi connectivity index (χ1n) is 11.2. The van der Waals surface area contributed by atoms with Gasteiger partial charge >= 0.3 is 6.09 Å². The fourth-order valence-electron chi connectivity index (χ4n) is 3.63. The van der Waals surface area contributed by atoms with Crippen molar-refractivity contribution in [2.45, 2.75) is 45.8 Å². The quantitative estimate of drug-likeness (QED) is 0.495. The zero-order valence-corrected chi connectivity index (χ0v) is 19.4. The predicted octanol–water partition coefficient (Wildman–Crippen LogP) is 5.17. The molecule has 0 aliphatic carbocycles. The van der Waals surface area contributed by atoms with Crippen LogP contribution in [0.2, 0.25) is 0 Å². The highest BCUT2D eigenvalue weighted by molar-refractivity contribution is 5.68. The normalized spacial score (nSPS) is 14.2.